The first-order valence-electron chi connectivity index (χ1n) is 6.58. The van der Waals surface area contributed by atoms with E-state index in [9.17, 15) is 0 Å². The number of hydrogen-bond donors (Lipinski definition) is 0. The topological polar surface area (TPSA) is 9.23 Å². The van der Waals surface area contributed by atoms with E-state index in [-0.39, 0.29) is 10.8 Å². The molecule has 2 aromatic rings. The third kappa shape index (κ3) is 2.35. The molecule has 0 amide bonds. The SMILES string of the molecule is CC1(C)CC(Cl)c2cc(Oc3ccccc3)ccc21. The monoisotopic (exact) mass is 272 g/mol. The van der Waals surface area contributed by atoms with Gasteiger partial charge < -0.3 is 4.74 Å². The molecular weight excluding hydrogens is 256 g/mol. The second kappa shape index (κ2) is 4.57. The molecular formula is C17H17ClO. The third-order valence-electron chi connectivity index (χ3n) is 3.76. The van der Waals surface area contributed by atoms with Gasteiger partial charge in [0.05, 0.1) is 5.38 Å². The molecule has 0 saturated heterocycles. The average Bonchev–Trinajstić information content (AvgIpc) is 2.61. The number of ether oxygens (including phenoxy) is 1. The standard InChI is InChI=1S/C17H17ClO/c1-17(2)11-16(18)14-10-13(8-9-15(14)17)19-12-6-4-3-5-7-12/h3-10,16H,11H2,1-2H3. The zero-order valence-electron chi connectivity index (χ0n) is 11.2. The van der Waals surface area contributed by atoms with Crippen LogP contribution in [0.1, 0.15) is 36.8 Å². The summed E-state index contributed by atoms with van der Waals surface area (Å²) >= 11 is 6.45. The Morgan fingerprint density at radius 3 is 2.53 bits per heavy atom. The minimum Gasteiger partial charge on any atom is -0.457 e. The van der Waals surface area contributed by atoms with Crippen LogP contribution in [0.25, 0.3) is 0 Å². The van der Waals surface area contributed by atoms with Crippen LogP contribution >= 0.6 is 11.6 Å². The highest BCUT2D eigenvalue weighted by atomic mass is 35.5. The summed E-state index contributed by atoms with van der Waals surface area (Å²) in [5.41, 5.74) is 2.71. The fraction of sp³-hybridized carbons (Fsp3) is 0.294. The largest absolute Gasteiger partial charge is 0.457 e. The maximum atomic E-state index is 6.45. The lowest BCUT2D eigenvalue weighted by Gasteiger charge is -2.18. The van der Waals surface area contributed by atoms with Crippen LogP contribution in [-0.2, 0) is 5.41 Å². The molecule has 0 heterocycles. The predicted octanol–water partition coefficient (Wildman–Crippen LogP) is 5.44. The molecule has 1 atom stereocenters. The molecule has 0 fully saturated rings. The van der Waals surface area contributed by atoms with Crippen molar-refractivity contribution in [1.29, 1.82) is 0 Å². The number of hydrogen-bond acceptors (Lipinski definition) is 1. The van der Waals surface area contributed by atoms with Crippen molar-refractivity contribution < 1.29 is 4.74 Å². The molecule has 0 saturated carbocycles. The Labute approximate surface area is 119 Å². The minimum absolute atomic E-state index is 0.0873. The van der Waals surface area contributed by atoms with E-state index in [0.29, 0.717) is 0 Å². The highest BCUT2D eigenvalue weighted by molar-refractivity contribution is 6.21. The molecule has 0 spiro atoms. The van der Waals surface area contributed by atoms with Gasteiger partial charge in [0.2, 0.25) is 0 Å². The van der Waals surface area contributed by atoms with Gasteiger partial charge in [0.15, 0.2) is 0 Å². The molecule has 2 heteroatoms. The average molecular weight is 273 g/mol. The first kappa shape index (κ1) is 12.6. The Kier molecular flexibility index (Phi) is 3.02. The highest BCUT2D eigenvalue weighted by Gasteiger charge is 2.35. The predicted molar refractivity (Wildman–Crippen MR) is 79.2 cm³/mol. The molecule has 0 aromatic heterocycles. The smallest absolute Gasteiger partial charge is 0.127 e. The lowest BCUT2D eigenvalue weighted by atomic mass is 9.87. The minimum atomic E-state index is 0.0873. The van der Waals surface area contributed by atoms with Crippen LogP contribution in [-0.4, -0.2) is 0 Å². The van der Waals surface area contributed by atoms with Crippen molar-refractivity contribution in [2.75, 3.05) is 0 Å². The molecule has 1 unspecified atom stereocenters. The van der Waals surface area contributed by atoms with E-state index in [2.05, 4.69) is 26.0 Å². The number of fused-ring (bicyclic) bond motifs is 1. The van der Waals surface area contributed by atoms with Crippen LogP contribution < -0.4 is 4.74 Å². The molecule has 0 bridgehead atoms. The lowest BCUT2D eigenvalue weighted by molar-refractivity contribution is 0.481. The van der Waals surface area contributed by atoms with Crippen LogP contribution in [0.4, 0.5) is 0 Å². The lowest BCUT2D eigenvalue weighted by Crippen LogP contribution is -2.11. The zero-order valence-corrected chi connectivity index (χ0v) is 11.9. The molecule has 0 N–H and O–H groups in total. The number of rotatable bonds is 2. The van der Waals surface area contributed by atoms with E-state index in [1.165, 1.54) is 11.1 Å². The summed E-state index contributed by atoms with van der Waals surface area (Å²) < 4.78 is 5.86. The summed E-state index contributed by atoms with van der Waals surface area (Å²) in [5, 5.41) is 0.0873. The van der Waals surface area contributed by atoms with Crippen LogP contribution in [0, 0.1) is 0 Å². The van der Waals surface area contributed by atoms with Crippen LogP contribution in [0.15, 0.2) is 48.5 Å². The zero-order chi connectivity index (χ0) is 13.5. The molecule has 1 aliphatic carbocycles. The van der Waals surface area contributed by atoms with E-state index in [4.69, 9.17) is 16.3 Å². The first-order chi connectivity index (χ1) is 9.06. The van der Waals surface area contributed by atoms with Crippen molar-refractivity contribution in [3.05, 3.63) is 59.7 Å². The fourth-order valence-corrected chi connectivity index (χ4v) is 3.34. The van der Waals surface area contributed by atoms with Gasteiger partial charge in [-0.2, -0.15) is 0 Å². The van der Waals surface area contributed by atoms with E-state index in [1.807, 2.05) is 36.4 Å². The van der Waals surface area contributed by atoms with E-state index in [1.54, 1.807) is 0 Å². The Bertz CT molecular complexity index is 589. The Hall–Kier alpha value is -1.47. The van der Waals surface area contributed by atoms with E-state index >= 15 is 0 Å². The maximum absolute atomic E-state index is 6.45. The normalized spacial score (nSPS) is 20.1. The molecule has 0 radical (unpaired) electrons. The van der Waals surface area contributed by atoms with E-state index in [0.717, 1.165) is 17.9 Å². The fourth-order valence-electron chi connectivity index (χ4n) is 2.77. The summed E-state index contributed by atoms with van der Waals surface area (Å²) in [6.07, 6.45) is 0.985. The Morgan fingerprint density at radius 2 is 1.79 bits per heavy atom. The van der Waals surface area contributed by atoms with Gasteiger partial charge in [0.25, 0.3) is 0 Å². The molecule has 1 nitrogen and oxygen atoms in total. The van der Waals surface area contributed by atoms with Crippen molar-refractivity contribution in [1.82, 2.24) is 0 Å². The summed E-state index contributed by atoms with van der Waals surface area (Å²) in [6, 6.07) is 16.1. The molecule has 0 aliphatic heterocycles. The van der Waals surface area contributed by atoms with Gasteiger partial charge in [-0.1, -0.05) is 38.1 Å². The van der Waals surface area contributed by atoms with Gasteiger partial charge in [0.1, 0.15) is 11.5 Å². The Balaban J connectivity index is 1.93. The van der Waals surface area contributed by atoms with Crippen molar-refractivity contribution in [2.24, 2.45) is 0 Å². The number of para-hydroxylation sites is 1. The summed E-state index contributed by atoms with van der Waals surface area (Å²) in [6.45, 7) is 4.48. The number of halogens is 1. The molecule has 3 rings (SSSR count). The number of benzene rings is 2. The number of alkyl halides is 1. The first-order valence-corrected chi connectivity index (χ1v) is 7.01. The highest BCUT2D eigenvalue weighted by Crippen LogP contribution is 2.48. The van der Waals surface area contributed by atoms with Gasteiger partial charge in [-0.05, 0) is 47.2 Å². The van der Waals surface area contributed by atoms with Crippen LogP contribution in [0.5, 0.6) is 11.5 Å². The molecule has 1 aliphatic rings. The second-order valence-corrected chi connectivity index (χ2v) is 6.25. The van der Waals surface area contributed by atoms with Crippen molar-refractivity contribution in [2.45, 2.75) is 31.1 Å². The maximum Gasteiger partial charge on any atom is 0.127 e. The quantitative estimate of drug-likeness (QED) is 0.662. The molecule has 2 aromatic carbocycles. The Morgan fingerprint density at radius 1 is 1.05 bits per heavy atom. The van der Waals surface area contributed by atoms with Gasteiger partial charge in [0, 0.05) is 0 Å². The van der Waals surface area contributed by atoms with E-state index < -0.39 is 0 Å². The van der Waals surface area contributed by atoms with Gasteiger partial charge in [-0.15, -0.1) is 11.6 Å². The van der Waals surface area contributed by atoms with Gasteiger partial charge >= 0.3 is 0 Å². The van der Waals surface area contributed by atoms with Crippen molar-refractivity contribution in [3.8, 4) is 11.5 Å². The summed E-state index contributed by atoms with van der Waals surface area (Å²) in [4.78, 5) is 0. The van der Waals surface area contributed by atoms with Crippen molar-refractivity contribution in [3.63, 3.8) is 0 Å². The summed E-state index contributed by atoms with van der Waals surface area (Å²) in [5.74, 6) is 1.71. The molecule has 19 heavy (non-hydrogen) atoms. The van der Waals surface area contributed by atoms with Crippen LogP contribution in [0.2, 0.25) is 0 Å². The second-order valence-electron chi connectivity index (χ2n) is 5.72. The summed E-state index contributed by atoms with van der Waals surface area (Å²) in [7, 11) is 0. The van der Waals surface area contributed by atoms with Gasteiger partial charge in [-0.25, -0.2) is 0 Å². The van der Waals surface area contributed by atoms with Crippen molar-refractivity contribution >= 4 is 11.6 Å². The van der Waals surface area contributed by atoms with Gasteiger partial charge in [-0.3, -0.25) is 0 Å². The third-order valence-corrected chi connectivity index (χ3v) is 4.15. The van der Waals surface area contributed by atoms with Crippen LogP contribution in [0.3, 0.4) is 0 Å². The molecule has 98 valence electrons.